The van der Waals surface area contributed by atoms with Gasteiger partial charge in [-0.2, -0.15) is 5.10 Å². The van der Waals surface area contributed by atoms with Gasteiger partial charge in [0.15, 0.2) is 0 Å². The second-order valence-corrected chi connectivity index (χ2v) is 4.41. The molecule has 2 heterocycles. The zero-order valence-corrected chi connectivity index (χ0v) is 7.97. The molecule has 0 saturated heterocycles. The maximum atomic E-state index is 4.31. The fourth-order valence-electron chi connectivity index (χ4n) is 1.49. The van der Waals surface area contributed by atoms with E-state index in [1.54, 1.807) is 11.3 Å². The van der Waals surface area contributed by atoms with Crippen molar-refractivity contribution >= 4 is 11.3 Å². The lowest BCUT2D eigenvalue weighted by Gasteiger charge is -1.85. The number of aromatic amines is 1. The summed E-state index contributed by atoms with van der Waals surface area (Å²) in [6.45, 7) is 0. The molecule has 1 N–H and O–H groups in total. The third-order valence-electron chi connectivity index (χ3n) is 2.39. The lowest BCUT2D eigenvalue weighted by molar-refractivity contribution is 0.967. The molecule has 1 aliphatic rings. The molecule has 0 aromatic carbocycles. The number of aromatic nitrogens is 2. The fourth-order valence-corrected chi connectivity index (χ4v) is 2.18. The first kappa shape index (κ1) is 7.33. The third-order valence-corrected chi connectivity index (χ3v) is 3.28. The summed E-state index contributed by atoms with van der Waals surface area (Å²) in [7, 11) is 0. The van der Waals surface area contributed by atoms with Gasteiger partial charge in [0.05, 0.1) is 4.88 Å². The number of nitrogens with one attached hydrogen (secondary N) is 1. The van der Waals surface area contributed by atoms with Crippen molar-refractivity contribution in [2.24, 2.45) is 0 Å². The van der Waals surface area contributed by atoms with Crippen molar-refractivity contribution in [1.29, 1.82) is 0 Å². The maximum absolute atomic E-state index is 4.31. The zero-order valence-electron chi connectivity index (χ0n) is 7.16. The minimum Gasteiger partial charge on any atom is -0.282 e. The number of hydrogen-bond donors (Lipinski definition) is 1. The highest BCUT2D eigenvalue weighted by atomic mass is 32.1. The van der Waals surface area contributed by atoms with Crippen molar-refractivity contribution in [3.8, 4) is 10.6 Å². The van der Waals surface area contributed by atoms with Crippen LogP contribution < -0.4 is 0 Å². The SMILES string of the molecule is c1csc(-c2cc(C3CC3)[nH]n2)c1. The van der Waals surface area contributed by atoms with Crippen molar-refractivity contribution in [3.05, 3.63) is 29.3 Å². The van der Waals surface area contributed by atoms with Crippen molar-refractivity contribution in [2.45, 2.75) is 18.8 Å². The first-order valence-electron chi connectivity index (χ1n) is 4.52. The van der Waals surface area contributed by atoms with Crippen LogP contribution in [-0.4, -0.2) is 10.2 Å². The summed E-state index contributed by atoms with van der Waals surface area (Å²) in [4.78, 5) is 1.25. The first-order chi connectivity index (χ1) is 6.43. The highest BCUT2D eigenvalue weighted by molar-refractivity contribution is 7.13. The van der Waals surface area contributed by atoms with Crippen LogP contribution in [-0.2, 0) is 0 Å². The Hall–Kier alpha value is -1.09. The summed E-state index contributed by atoms with van der Waals surface area (Å²) >= 11 is 1.74. The second kappa shape index (κ2) is 2.70. The van der Waals surface area contributed by atoms with Crippen molar-refractivity contribution in [1.82, 2.24) is 10.2 Å². The minimum atomic E-state index is 0.765. The Labute approximate surface area is 80.6 Å². The van der Waals surface area contributed by atoms with Crippen LogP contribution in [0.3, 0.4) is 0 Å². The van der Waals surface area contributed by atoms with Crippen LogP contribution in [0, 0.1) is 0 Å². The molecule has 0 amide bonds. The average molecular weight is 190 g/mol. The van der Waals surface area contributed by atoms with Crippen LogP contribution in [0.25, 0.3) is 10.6 Å². The standard InChI is InChI=1S/C10H10N2S/c1-2-10(13-5-1)9-6-8(11-12-9)7-3-4-7/h1-2,5-7H,3-4H2,(H,11,12). The largest absolute Gasteiger partial charge is 0.282 e. The molecule has 1 saturated carbocycles. The van der Waals surface area contributed by atoms with Crippen LogP contribution in [0.4, 0.5) is 0 Å². The number of hydrogen-bond acceptors (Lipinski definition) is 2. The van der Waals surface area contributed by atoms with Gasteiger partial charge >= 0.3 is 0 Å². The van der Waals surface area contributed by atoms with E-state index in [4.69, 9.17) is 0 Å². The predicted octanol–water partition coefficient (Wildman–Crippen LogP) is 3.02. The van der Waals surface area contributed by atoms with Gasteiger partial charge in [-0.3, -0.25) is 5.10 Å². The molecule has 0 unspecified atom stereocenters. The molecule has 3 heteroatoms. The van der Waals surface area contributed by atoms with E-state index in [0.717, 1.165) is 11.6 Å². The predicted molar refractivity (Wildman–Crippen MR) is 53.9 cm³/mol. The van der Waals surface area contributed by atoms with Crippen molar-refractivity contribution in [3.63, 3.8) is 0 Å². The molecule has 13 heavy (non-hydrogen) atoms. The van der Waals surface area contributed by atoms with Gasteiger partial charge in [0.1, 0.15) is 5.69 Å². The smallest absolute Gasteiger partial charge is 0.102 e. The Bertz CT molecular complexity index is 398. The summed E-state index contributed by atoms with van der Waals surface area (Å²) in [6.07, 6.45) is 2.65. The molecule has 0 atom stereocenters. The van der Waals surface area contributed by atoms with E-state index in [-0.39, 0.29) is 0 Å². The Kier molecular flexibility index (Phi) is 1.52. The average Bonchev–Trinajstić information content (AvgIpc) is 2.72. The Balaban J connectivity index is 1.97. The molecule has 3 rings (SSSR count). The quantitative estimate of drug-likeness (QED) is 0.774. The molecule has 0 spiro atoms. The van der Waals surface area contributed by atoms with Gasteiger partial charge < -0.3 is 0 Å². The summed E-state index contributed by atoms with van der Waals surface area (Å²) < 4.78 is 0. The molecule has 2 aromatic rings. The van der Waals surface area contributed by atoms with E-state index < -0.39 is 0 Å². The highest BCUT2D eigenvalue weighted by Crippen LogP contribution is 2.40. The molecule has 2 nitrogen and oxygen atoms in total. The van der Waals surface area contributed by atoms with Crippen molar-refractivity contribution in [2.75, 3.05) is 0 Å². The lowest BCUT2D eigenvalue weighted by atomic mass is 10.2. The molecular formula is C10H10N2S. The highest BCUT2D eigenvalue weighted by Gasteiger charge is 2.25. The van der Waals surface area contributed by atoms with Gasteiger partial charge in [-0.1, -0.05) is 6.07 Å². The second-order valence-electron chi connectivity index (χ2n) is 3.46. The normalized spacial score (nSPS) is 16.3. The summed E-state index contributed by atoms with van der Waals surface area (Å²) in [5.74, 6) is 0.765. The van der Waals surface area contributed by atoms with Gasteiger partial charge in [-0.15, -0.1) is 11.3 Å². The molecule has 66 valence electrons. The Morgan fingerprint density at radius 3 is 3.08 bits per heavy atom. The lowest BCUT2D eigenvalue weighted by Crippen LogP contribution is -1.75. The monoisotopic (exact) mass is 190 g/mol. The number of nitrogens with zero attached hydrogens (tertiary/aromatic N) is 1. The van der Waals surface area contributed by atoms with Gasteiger partial charge in [-0.05, 0) is 30.4 Å². The molecule has 2 aromatic heterocycles. The van der Waals surface area contributed by atoms with E-state index in [1.165, 1.54) is 23.4 Å². The molecule has 0 aliphatic heterocycles. The molecular weight excluding hydrogens is 180 g/mol. The van der Waals surface area contributed by atoms with Gasteiger partial charge in [-0.25, -0.2) is 0 Å². The number of H-pyrrole nitrogens is 1. The zero-order chi connectivity index (χ0) is 8.67. The third kappa shape index (κ3) is 1.29. The molecule has 0 radical (unpaired) electrons. The van der Waals surface area contributed by atoms with Crippen LogP contribution >= 0.6 is 11.3 Å². The van der Waals surface area contributed by atoms with E-state index in [0.29, 0.717) is 0 Å². The van der Waals surface area contributed by atoms with E-state index in [2.05, 4.69) is 33.8 Å². The Morgan fingerprint density at radius 2 is 2.38 bits per heavy atom. The Morgan fingerprint density at radius 1 is 1.46 bits per heavy atom. The number of thiophene rings is 1. The van der Waals surface area contributed by atoms with Crippen molar-refractivity contribution < 1.29 is 0 Å². The summed E-state index contributed by atoms with van der Waals surface area (Å²) in [5.41, 5.74) is 2.40. The summed E-state index contributed by atoms with van der Waals surface area (Å²) in [5, 5.41) is 9.50. The summed E-state index contributed by atoms with van der Waals surface area (Å²) in [6, 6.07) is 6.35. The minimum absolute atomic E-state index is 0.765. The van der Waals surface area contributed by atoms with Crippen LogP contribution in [0.1, 0.15) is 24.5 Å². The first-order valence-corrected chi connectivity index (χ1v) is 5.40. The molecule has 1 aliphatic carbocycles. The van der Waals surface area contributed by atoms with Gasteiger partial charge in [0.2, 0.25) is 0 Å². The van der Waals surface area contributed by atoms with E-state index in [9.17, 15) is 0 Å². The van der Waals surface area contributed by atoms with Gasteiger partial charge in [0, 0.05) is 11.6 Å². The van der Waals surface area contributed by atoms with Crippen LogP contribution in [0.15, 0.2) is 23.6 Å². The fraction of sp³-hybridized carbons (Fsp3) is 0.300. The topological polar surface area (TPSA) is 28.7 Å². The van der Waals surface area contributed by atoms with Gasteiger partial charge in [0.25, 0.3) is 0 Å². The number of rotatable bonds is 2. The maximum Gasteiger partial charge on any atom is 0.102 e. The molecule has 1 fully saturated rings. The van der Waals surface area contributed by atoms with Crippen LogP contribution in [0.5, 0.6) is 0 Å². The van der Waals surface area contributed by atoms with E-state index in [1.807, 2.05) is 0 Å². The van der Waals surface area contributed by atoms with Crippen LogP contribution in [0.2, 0.25) is 0 Å². The van der Waals surface area contributed by atoms with E-state index >= 15 is 0 Å². The molecule has 0 bridgehead atoms.